The van der Waals surface area contributed by atoms with Gasteiger partial charge in [0.1, 0.15) is 0 Å². The third kappa shape index (κ3) is 1.89. The predicted octanol–water partition coefficient (Wildman–Crippen LogP) is 0.108. The Kier molecular flexibility index (Phi) is 3.08. The summed E-state index contributed by atoms with van der Waals surface area (Å²) in [6.07, 6.45) is 0.924. The lowest BCUT2D eigenvalue weighted by atomic mass is 9.87. The van der Waals surface area contributed by atoms with Crippen LogP contribution in [0.3, 0.4) is 0 Å². The van der Waals surface area contributed by atoms with E-state index < -0.39 is 11.8 Å². The van der Waals surface area contributed by atoms with E-state index in [-0.39, 0.29) is 6.03 Å². The molecule has 2 saturated heterocycles. The lowest BCUT2D eigenvalue weighted by Crippen LogP contribution is -2.56. The topological polar surface area (TPSA) is 64.6 Å². The van der Waals surface area contributed by atoms with E-state index in [1.807, 2.05) is 13.8 Å². The molecule has 0 aromatic rings. The Balaban J connectivity index is 2.11. The van der Waals surface area contributed by atoms with Crippen LogP contribution in [0.2, 0.25) is 0 Å². The lowest BCUT2D eigenvalue weighted by molar-refractivity contribution is -0.0140. The molecule has 2 amide bonds. The summed E-state index contributed by atoms with van der Waals surface area (Å²) in [4.78, 5) is 13.4. The highest BCUT2D eigenvalue weighted by Crippen LogP contribution is 2.30. The molecule has 3 N–H and O–H groups in total. The number of piperidine rings is 1. The maximum Gasteiger partial charge on any atom is 0.320 e. The van der Waals surface area contributed by atoms with Gasteiger partial charge in [0.15, 0.2) is 6.23 Å². The Labute approximate surface area is 96.2 Å². The molecule has 0 saturated carbocycles. The number of amides is 2. The van der Waals surface area contributed by atoms with E-state index in [2.05, 4.69) is 10.6 Å². The Morgan fingerprint density at radius 3 is 2.69 bits per heavy atom. The lowest BCUT2D eigenvalue weighted by Gasteiger charge is -2.37. The van der Waals surface area contributed by atoms with Crippen LogP contribution in [0.15, 0.2) is 0 Å². The summed E-state index contributed by atoms with van der Waals surface area (Å²) in [6.45, 7) is 6.42. The van der Waals surface area contributed by atoms with Crippen LogP contribution in [-0.2, 0) is 0 Å². The van der Waals surface area contributed by atoms with Gasteiger partial charge in [0.25, 0.3) is 0 Å². The third-order valence-electron chi connectivity index (χ3n) is 3.46. The van der Waals surface area contributed by atoms with Gasteiger partial charge in [-0.2, -0.15) is 0 Å². The fourth-order valence-corrected chi connectivity index (χ4v) is 2.59. The van der Waals surface area contributed by atoms with Crippen molar-refractivity contribution < 1.29 is 9.90 Å². The molecule has 1 atom stereocenters. The first-order valence-electron chi connectivity index (χ1n) is 6.03. The van der Waals surface area contributed by atoms with E-state index in [0.717, 1.165) is 25.9 Å². The Bertz CT molecular complexity index is 274. The number of urea groups is 1. The second kappa shape index (κ2) is 4.22. The second-order valence-corrected chi connectivity index (χ2v) is 5.26. The van der Waals surface area contributed by atoms with Crippen molar-refractivity contribution in [3.05, 3.63) is 0 Å². The van der Waals surface area contributed by atoms with Gasteiger partial charge in [-0.1, -0.05) is 13.8 Å². The molecule has 5 nitrogen and oxygen atoms in total. The summed E-state index contributed by atoms with van der Waals surface area (Å²) >= 11 is 0. The van der Waals surface area contributed by atoms with Crippen molar-refractivity contribution in [2.24, 2.45) is 5.92 Å². The number of aliphatic hydroxyl groups is 1. The number of nitrogens with one attached hydrogen (secondary N) is 2. The van der Waals surface area contributed by atoms with E-state index in [1.54, 1.807) is 4.90 Å². The number of hydrogen-bond acceptors (Lipinski definition) is 3. The van der Waals surface area contributed by atoms with Gasteiger partial charge in [0, 0.05) is 6.54 Å². The summed E-state index contributed by atoms with van der Waals surface area (Å²) in [5, 5.41) is 16.5. The van der Waals surface area contributed by atoms with Crippen molar-refractivity contribution in [2.75, 3.05) is 19.6 Å². The van der Waals surface area contributed by atoms with Gasteiger partial charge in [0.2, 0.25) is 0 Å². The number of nitrogens with zero attached hydrogens (tertiary/aromatic N) is 1. The van der Waals surface area contributed by atoms with Crippen molar-refractivity contribution in [3.63, 3.8) is 0 Å². The molecule has 1 unspecified atom stereocenters. The summed E-state index contributed by atoms with van der Waals surface area (Å²) in [5.41, 5.74) is -0.419. The second-order valence-electron chi connectivity index (χ2n) is 5.26. The summed E-state index contributed by atoms with van der Waals surface area (Å²) < 4.78 is 0. The van der Waals surface area contributed by atoms with Gasteiger partial charge in [-0.05, 0) is 31.8 Å². The van der Waals surface area contributed by atoms with Crippen LogP contribution in [0.25, 0.3) is 0 Å². The number of carbonyl (C=O) groups is 1. The molecular formula is C11H21N3O2. The van der Waals surface area contributed by atoms with Gasteiger partial charge in [-0.25, -0.2) is 4.79 Å². The van der Waals surface area contributed by atoms with Crippen molar-refractivity contribution in [3.8, 4) is 0 Å². The van der Waals surface area contributed by atoms with Crippen LogP contribution < -0.4 is 10.6 Å². The highest BCUT2D eigenvalue weighted by Gasteiger charge is 2.50. The Morgan fingerprint density at radius 1 is 1.50 bits per heavy atom. The van der Waals surface area contributed by atoms with E-state index in [0.29, 0.717) is 12.5 Å². The van der Waals surface area contributed by atoms with Crippen molar-refractivity contribution >= 4 is 6.03 Å². The molecule has 1 spiro atoms. The van der Waals surface area contributed by atoms with Gasteiger partial charge >= 0.3 is 6.03 Å². The van der Waals surface area contributed by atoms with Gasteiger partial charge in [0.05, 0.1) is 5.54 Å². The minimum absolute atomic E-state index is 0.122. The first-order chi connectivity index (χ1) is 7.55. The molecular weight excluding hydrogens is 206 g/mol. The molecule has 0 aromatic carbocycles. The summed E-state index contributed by atoms with van der Waals surface area (Å²) in [7, 11) is 0. The molecule has 5 heteroatoms. The highest BCUT2D eigenvalue weighted by molar-refractivity contribution is 5.78. The maximum absolute atomic E-state index is 11.8. The van der Waals surface area contributed by atoms with E-state index in [9.17, 15) is 9.90 Å². The van der Waals surface area contributed by atoms with E-state index >= 15 is 0 Å². The number of rotatable bonds is 2. The van der Waals surface area contributed by atoms with E-state index in [1.165, 1.54) is 0 Å². The van der Waals surface area contributed by atoms with Crippen molar-refractivity contribution in [1.82, 2.24) is 15.5 Å². The predicted molar refractivity (Wildman–Crippen MR) is 60.9 cm³/mol. The van der Waals surface area contributed by atoms with Gasteiger partial charge < -0.3 is 15.7 Å². The Hall–Kier alpha value is -0.810. The number of carbonyl (C=O) groups excluding carboxylic acids is 1. The molecule has 0 bridgehead atoms. The van der Waals surface area contributed by atoms with Crippen molar-refractivity contribution in [2.45, 2.75) is 38.5 Å². The zero-order valence-electron chi connectivity index (χ0n) is 9.99. The molecule has 2 aliphatic heterocycles. The minimum atomic E-state index is -0.676. The zero-order chi connectivity index (χ0) is 11.8. The zero-order valence-corrected chi connectivity index (χ0v) is 9.99. The number of aliphatic hydroxyl groups excluding tert-OH is 1. The van der Waals surface area contributed by atoms with Crippen LogP contribution in [-0.4, -0.2) is 47.4 Å². The smallest absolute Gasteiger partial charge is 0.320 e. The molecule has 2 fully saturated rings. The van der Waals surface area contributed by atoms with Crippen LogP contribution >= 0.6 is 0 Å². The standard InChI is InChI=1S/C11H21N3O2/c1-8(2)7-14-9(15)11(13-10(14)16)3-5-12-6-4-11/h8-9,12,15H,3-7H2,1-2H3,(H,13,16). The third-order valence-corrected chi connectivity index (χ3v) is 3.46. The summed E-state index contributed by atoms with van der Waals surface area (Å²) in [5.74, 6) is 0.372. The number of hydrogen-bond donors (Lipinski definition) is 3. The average molecular weight is 227 g/mol. The molecule has 16 heavy (non-hydrogen) atoms. The fourth-order valence-electron chi connectivity index (χ4n) is 2.59. The normalized spacial score (nSPS) is 28.9. The average Bonchev–Trinajstić information content (AvgIpc) is 2.44. The minimum Gasteiger partial charge on any atom is -0.371 e. The molecule has 0 aliphatic carbocycles. The van der Waals surface area contributed by atoms with E-state index in [4.69, 9.17) is 0 Å². The molecule has 0 aromatic heterocycles. The first kappa shape index (κ1) is 11.7. The van der Waals surface area contributed by atoms with Crippen LogP contribution in [0.1, 0.15) is 26.7 Å². The van der Waals surface area contributed by atoms with Crippen LogP contribution in [0, 0.1) is 5.92 Å². The van der Waals surface area contributed by atoms with Crippen LogP contribution in [0.5, 0.6) is 0 Å². The first-order valence-corrected chi connectivity index (χ1v) is 6.03. The molecule has 2 heterocycles. The van der Waals surface area contributed by atoms with Crippen LogP contribution in [0.4, 0.5) is 4.79 Å². The molecule has 2 aliphatic rings. The largest absolute Gasteiger partial charge is 0.371 e. The fraction of sp³-hybridized carbons (Fsp3) is 0.909. The monoisotopic (exact) mass is 227 g/mol. The Morgan fingerprint density at radius 2 is 2.12 bits per heavy atom. The van der Waals surface area contributed by atoms with Crippen molar-refractivity contribution in [1.29, 1.82) is 0 Å². The van der Waals surface area contributed by atoms with Gasteiger partial charge in [-0.3, -0.25) is 4.90 Å². The molecule has 2 rings (SSSR count). The molecule has 92 valence electrons. The van der Waals surface area contributed by atoms with Gasteiger partial charge in [-0.15, -0.1) is 0 Å². The summed E-state index contributed by atoms with van der Waals surface area (Å²) in [6, 6.07) is -0.122. The quantitative estimate of drug-likeness (QED) is 0.627. The SMILES string of the molecule is CC(C)CN1C(=O)NC2(CCNCC2)C1O. The molecule has 0 radical (unpaired) electrons. The maximum atomic E-state index is 11.8. The highest BCUT2D eigenvalue weighted by atomic mass is 16.3.